The van der Waals surface area contributed by atoms with Gasteiger partial charge in [-0.05, 0) is 0 Å². The molecule has 2 nitrogen and oxygen atoms in total. The zero-order valence-electron chi connectivity index (χ0n) is 3.41. The van der Waals surface area contributed by atoms with E-state index in [1.165, 1.54) is 0 Å². The van der Waals surface area contributed by atoms with E-state index in [-0.39, 0.29) is 61.0 Å². The molecule has 5 heavy (non-hydrogen) atoms. The molecule has 4 N–H and O–H groups in total. The summed E-state index contributed by atoms with van der Waals surface area (Å²) in [5.41, 5.74) is 0. The van der Waals surface area contributed by atoms with Crippen LogP contribution in [0.15, 0.2) is 0 Å². The van der Waals surface area contributed by atoms with Crippen LogP contribution in [0.3, 0.4) is 0 Å². The molecule has 0 aromatic heterocycles. The van der Waals surface area contributed by atoms with Crippen molar-refractivity contribution in [3.05, 3.63) is 0 Å². The van der Waals surface area contributed by atoms with Crippen LogP contribution in [-0.4, -0.2) is 28.3 Å². The molecular formula is H9AlClLiO2. The molecular weight excluding hydrogens is 101 g/mol. The van der Waals surface area contributed by atoms with Gasteiger partial charge in [0.15, 0.2) is 17.4 Å². The number of hydrogen-bond donors (Lipinski definition) is 0. The van der Waals surface area contributed by atoms with Gasteiger partial charge in [0.2, 0.25) is 0 Å². The summed E-state index contributed by atoms with van der Waals surface area (Å²) in [7, 11) is 0. The Kier molecular flexibility index (Phi) is 1130. The van der Waals surface area contributed by atoms with Crippen molar-refractivity contribution in [3.63, 3.8) is 0 Å². The van der Waals surface area contributed by atoms with Crippen LogP contribution in [0.2, 0.25) is 0 Å². The van der Waals surface area contributed by atoms with Crippen molar-refractivity contribution in [1.82, 2.24) is 0 Å². The van der Waals surface area contributed by atoms with E-state index < -0.39 is 0 Å². The Morgan fingerprint density at radius 1 is 1.00 bits per heavy atom. The third-order valence-corrected chi connectivity index (χ3v) is 0. The first-order chi connectivity index (χ1) is 0. The van der Waals surface area contributed by atoms with Crippen molar-refractivity contribution >= 4 is 29.8 Å². The maximum atomic E-state index is 0. The van der Waals surface area contributed by atoms with Gasteiger partial charge in [0.05, 0.1) is 0 Å². The average Bonchev–Trinajstić information content (AvgIpc) is 0. The third kappa shape index (κ3) is 33.2. The Balaban J connectivity index is 0. The molecule has 0 radical (unpaired) electrons. The molecule has 0 rings (SSSR count). The fraction of sp³-hybridized carbons (Fsp3) is 0. The van der Waals surface area contributed by atoms with Crippen LogP contribution in [0.1, 0.15) is 1.43 Å². The van der Waals surface area contributed by atoms with Crippen molar-refractivity contribution in [2.75, 3.05) is 0 Å². The van der Waals surface area contributed by atoms with Crippen LogP contribution < -0.4 is 18.9 Å². The van der Waals surface area contributed by atoms with Gasteiger partial charge in [-0.25, -0.2) is 0 Å². The van der Waals surface area contributed by atoms with Crippen LogP contribution in [0.5, 0.6) is 0 Å². The topological polar surface area (TPSA) is 63.0 Å². The van der Waals surface area contributed by atoms with E-state index in [4.69, 9.17) is 0 Å². The molecule has 0 aromatic carbocycles. The minimum Gasteiger partial charge on any atom is -1.00 e. The van der Waals surface area contributed by atoms with E-state index in [0.717, 1.165) is 0 Å². The van der Waals surface area contributed by atoms with E-state index in [2.05, 4.69) is 0 Å². The SMILES string of the molecule is Cl.O.O.[AlH3].[H-].[Li+]. The van der Waals surface area contributed by atoms with Gasteiger partial charge in [0.25, 0.3) is 0 Å². The normalized spacial score (nSPS) is 0. The molecule has 0 bridgehead atoms. The minimum atomic E-state index is 0. The van der Waals surface area contributed by atoms with Gasteiger partial charge in [0.1, 0.15) is 0 Å². The van der Waals surface area contributed by atoms with Crippen molar-refractivity contribution in [1.29, 1.82) is 0 Å². The van der Waals surface area contributed by atoms with Gasteiger partial charge < -0.3 is 12.4 Å². The first kappa shape index (κ1) is 101. The van der Waals surface area contributed by atoms with Crippen LogP contribution in [0.4, 0.5) is 0 Å². The zero-order chi connectivity index (χ0) is 0. The van der Waals surface area contributed by atoms with Gasteiger partial charge in [-0.1, -0.05) is 0 Å². The van der Waals surface area contributed by atoms with Gasteiger partial charge in [-0.3, -0.25) is 0 Å². The maximum Gasteiger partial charge on any atom is 1.00 e. The number of halogens is 1. The molecule has 5 heteroatoms. The monoisotopic (exact) mass is 110 g/mol. The van der Waals surface area contributed by atoms with Gasteiger partial charge >= 0.3 is 18.9 Å². The van der Waals surface area contributed by atoms with Crippen LogP contribution in [0.25, 0.3) is 0 Å². The predicted molar refractivity (Wildman–Crippen MR) is 25.5 cm³/mol. The van der Waals surface area contributed by atoms with Gasteiger partial charge in [0, 0.05) is 0 Å². The molecule has 0 aliphatic rings. The molecule has 0 fully saturated rings. The van der Waals surface area contributed by atoms with Crippen LogP contribution in [0, 0.1) is 0 Å². The largest absolute Gasteiger partial charge is 1.00 e. The summed E-state index contributed by atoms with van der Waals surface area (Å²) in [6.45, 7) is 0. The first-order valence-corrected chi connectivity index (χ1v) is 0. The second-order valence-corrected chi connectivity index (χ2v) is 0. The van der Waals surface area contributed by atoms with Gasteiger partial charge in [-0.15, -0.1) is 12.4 Å². The first-order valence-electron chi connectivity index (χ1n) is 0. The smallest absolute Gasteiger partial charge is 1.00 e. The Hall–Kier alpha value is 1.34. The Morgan fingerprint density at radius 3 is 1.00 bits per heavy atom. The fourth-order valence-electron chi connectivity index (χ4n) is 0. The van der Waals surface area contributed by atoms with Crippen LogP contribution in [-0.2, 0) is 0 Å². The molecule has 0 saturated heterocycles. The summed E-state index contributed by atoms with van der Waals surface area (Å²) in [6.07, 6.45) is 0. The molecule has 0 saturated carbocycles. The van der Waals surface area contributed by atoms with Crippen molar-refractivity contribution < 1.29 is 31.2 Å². The molecule has 0 aliphatic carbocycles. The third-order valence-electron chi connectivity index (χ3n) is 0. The molecule has 0 heterocycles. The van der Waals surface area contributed by atoms with Gasteiger partial charge in [-0.2, -0.15) is 0 Å². The van der Waals surface area contributed by atoms with E-state index in [9.17, 15) is 0 Å². The molecule has 0 aromatic rings. The maximum absolute atomic E-state index is 0. The van der Waals surface area contributed by atoms with Crippen LogP contribution >= 0.6 is 12.4 Å². The summed E-state index contributed by atoms with van der Waals surface area (Å²) in [5.74, 6) is 0. The summed E-state index contributed by atoms with van der Waals surface area (Å²) in [4.78, 5) is 0. The Bertz CT molecular complexity index is 13.5. The molecule has 32 valence electrons. The summed E-state index contributed by atoms with van der Waals surface area (Å²) in [6, 6.07) is 0. The molecule has 0 amide bonds. The van der Waals surface area contributed by atoms with E-state index in [1.54, 1.807) is 0 Å². The number of hydrogen-bond acceptors (Lipinski definition) is 0. The van der Waals surface area contributed by atoms with E-state index in [0.29, 0.717) is 0 Å². The Morgan fingerprint density at radius 2 is 1.00 bits per heavy atom. The average molecular weight is 110 g/mol. The Labute approximate surface area is 61.1 Å². The van der Waals surface area contributed by atoms with Crippen molar-refractivity contribution in [2.45, 2.75) is 0 Å². The quantitative estimate of drug-likeness (QED) is 0.280. The fourth-order valence-corrected chi connectivity index (χ4v) is 0. The summed E-state index contributed by atoms with van der Waals surface area (Å²) < 4.78 is 0. The minimum absolute atomic E-state index is 0. The second-order valence-electron chi connectivity index (χ2n) is 0. The molecule has 0 spiro atoms. The number of rotatable bonds is 0. The standard InChI is InChI=1S/Al.ClH.Li.2H2O.4H/h;1H;;2*1H2;;;;/q;;+1;;;;;;-1. The molecule has 0 unspecified atom stereocenters. The zero-order valence-corrected chi connectivity index (χ0v) is 3.22. The van der Waals surface area contributed by atoms with Crippen molar-refractivity contribution in [3.8, 4) is 0 Å². The second kappa shape index (κ2) is 56.0. The summed E-state index contributed by atoms with van der Waals surface area (Å²) >= 11 is 0. The summed E-state index contributed by atoms with van der Waals surface area (Å²) in [5, 5.41) is 0. The van der Waals surface area contributed by atoms with Crippen molar-refractivity contribution in [2.24, 2.45) is 0 Å². The molecule has 0 aliphatic heterocycles. The van der Waals surface area contributed by atoms with E-state index in [1.807, 2.05) is 0 Å². The molecule has 0 atom stereocenters. The van der Waals surface area contributed by atoms with E-state index >= 15 is 0 Å². The predicted octanol–water partition coefficient (Wildman–Crippen LogP) is -5.29.